The van der Waals surface area contributed by atoms with Crippen molar-refractivity contribution in [2.45, 2.75) is 205 Å². The number of amides is 3. The van der Waals surface area contributed by atoms with Crippen LogP contribution in [0.1, 0.15) is 194 Å². The summed E-state index contributed by atoms with van der Waals surface area (Å²) in [7, 11) is -8.12. The second-order valence-electron chi connectivity index (χ2n) is 30.3. The van der Waals surface area contributed by atoms with Gasteiger partial charge in [0.15, 0.2) is 21.7 Å². The van der Waals surface area contributed by atoms with E-state index >= 15 is 0 Å². The predicted molar refractivity (Wildman–Crippen MR) is 384 cm³/mol. The van der Waals surface area contributed by atoms with E-state index in [0.29, 0.717) is 97.1 Å². The van der Waals surface area contributed by atoms with Crippen molar-refractivity contribution in [3.8, 4) is 23.4 Å². The van der Waals surface area contributed by atoms with Gasteiger partial charge >= 0.3 is 18.2 Å². The highest BCUT2D eigenvalue weighted by atomic mass is 35.5. The number of anilines is 2. The molecule has 4 fully saturated rings. The zero-order valence-corrected chi connectivity index (χ0v) is 63.0. The number of rotatable bonds is 27. The molecule has 0 aromatic carbocycles. The minimum Gasteiger partial charge on any atom is -0.478 e. The van der Waals surface area contributed by atoms with Crippen molar-refractivity contribution in [2.24, 2.45) is 27.8 Å². The van der Waals surface area contributed by atoms with E-state index in [1.807, 2.05) is 56.1 Å². The molecule has 2 saturated carbocycles. The molecule has 27 nitrogen and oxygen atoms in total. The molecule has 552 valence electrons. The number of likely N-dealkylation sites (tertiary alicyclic amines) is 2. The van der Waals surface area contributed by atoms with E-state index < -0.39 is 43.1 Å². The summed E-state index contributed by atoms with van der Waals surface area (Å²) in [6.07, 6.45) is 17.3. The first kappa shape index (κ1) is 78.9. The summed E-state index contributed by atoms with van der Waals surface area (Å²) in [5, 5.41) is 28.3. The third-order valence-corrected chi connectivity index (χ3v) is 20.6. The number of unbranched alkanes of at least 4 members (excludes halogenated alkanes) is 2. The lowest BCUT2D eigenvalue weighted by molar-refractivity contribution is 0.0118. The van der Waals surface area contributed by atoms with Gasteiger partial charge in [0.2, 0.25) is 11.8 Å². The standard InChI is InChI=1S/C35H48ClN7O6S.C20H34N4O4S.C15H16ClN3O3/c1-33(2,3)49-32(45)42-23-24(22-34(42,4)5)10-7-8-19-37-26-11-9-12-29(38-26)50(46,47)41-31(44)25-13-14-27(39-30(25)36)43-20-15-28(40-43)48-21-18-35(6)16-17-35;1-19(2,3)28-18(25)24-14-15(13-20(24,4)5)9-6-7-12-22-16-10-8-11-17(23-16)29(21,26)27;1-15(5-6-15)7-9-22-12-4-8-19(18-12)11-3-2-10(14(20)21)13(16)17-11/h9,11-15,20,24H,7-8,10,16-19,21-23H2,1-6H3,(H,37,38)(H,41,44);8,10-11,15H,6-7,9,12-14H2,1-5H3,(H,22,23)(H2,21,26,27);2-4,8H,5-7,9H2,1H3,(H,20,21). The smallest absolute Gasteiger partial charge is 0.410 e. The number of aromatic carboxylic acids is 1. The Bertz CT molecular complexity index is 4110. The van der Waals surface area contributed by atoms with Crippen LogP contribution in [0.3, 0.4) is 0 Å². The Morgan fingerprint density at radius 3 is 1.40 bits per heavy atom. The first-order valence-electron chi connectivity index (χ1n) is 34.1. The molecule has 4 aliphatic rings. The van der Waals surface area contributed by atoms with Crippen LogP contribution in [0.25, 0.3) is 11.6 Å². The van der Waals surface area contributed by atoms with Crippen molar-refractivity contribution in [3.05, 3.63) is 107 Å². The fourth-order valence-corrected chi connectivity index (χ4v) is 13.6. The van der Waals surface area contributed by atoms with E-state index in [-0.39, 0.29) is 54.7 Å². The minimum absolute atomic E-state index is 0.0354. The number of aromatic nitrogens is 8. The molecule has 2 atom stereocenters. The molecule has 101 heavy (non-hydrogen) atoms. The van der Waals surface area contributed by atoms with Gasteiger partial charge < -0.3 is 44.5 Å². The molecule has 2 unspecified atom stereocenters. The number of primary sulfonamides is 1. The number of carbonyl (C=O) groups excluding carboxylic acids is 3. The van der Waals surface area contributed by atoms with Crippen LogP contribution in [0.4, 0.5) is 21.2 Å². The van der Waals surface area contributed by atoms with Crippen LogP contribution in [0.2, 0.25) is 10.3 Å². The summed E-state index contributed by atoms with van der Waals surface area (Å²) in [6, 6.07) is 18.6. The number of halogens is 2. The molecule has 3 amide bonds. The Hall–Kier alpha value is -7.86. The van der Waals surface area contributed by atoms with Gasteiger partial charge in [-0.05, 0) is 217 Å². The topological polar surface area (TPSA) is 349 Å². The first-order valence-corrected chi connectivity index (χ1v) is 37.9. The Balaban J connectivity index is 0.000000214. The number of ether oxygens (including phenoxy) is 4. The van der Waals surface area contributed by atoms with E-state index in [0.717, 1.165) is 64.2 Å². The SMILES string of the molecule is CC(C)(C)OC(=O)N1CC(CCCCNc2cccc(S(N)(=O)=O)n2)CC1(C)C.CC1(CCOc2ccn(-c3ccc(C(=O)NS(=O)(=O)c4cccc(NCCCCC5CN(C(=O)OC(C)(C)C)C(C)(C)C5)n4)c(Cl)n3)n2)CC1.CC1(CCOc2ccn(-c3ccc(C(=O)O)c(Cl)n3)n2)CC1. The van der Waals surface area contributed by atoms with Crippen LogP contribution < -0.4 is 30.0 Å². The molecule has 0 spiro atoms. The van der Waals surface area contributed by atoms with E-state index in [1.165, 1.54) is 65.4 Å². The molecular formula is C70H98Cl2N14O13S2. The van der Waals surface area contributed by atoms with E-state index in [1.54, 1.807) is 54.9 Å². The highest BCUT2D eigenvalue weighted by Gasteiger charge is 2.44. The number of carbonyl (C=O) groups is 4. The van der Waals surface area contributed by atoms with Crippen molar-refractivity contribution >= 4 is 78.9 Å². The maximum absolute atomic E-state index is 13.1. The summed E-state index contributed by atoms with van der Waals surface area (Å²) in [4.78, 5) is 69.3. The molecule has 6 aromatic rings. The molecule has 2 aliphatic heterocycles. The Kier molecular flexibility index (Phi) is 25.5. The monoisotopic (exact) mass is 1480 g/mol. The van der Waals surface area contributed by atoms with E-state index in [2.05, 4.69) is 82.3 Å². The third-order valence-electron chi connectivity index (χ3n) is 17.9. The third kappa shape index (κ3) is 23.9. The largest absolute Gasteiger partial charge is 0.478 e. The molecule has 8 heterocycles. The second kappa shape index (κ2) is 32.6. The lowest BCUT2D eigenvalue weighted by Gasteiger charge is -2.33. The lowest BCUT2D eigenvalue weighted by atomic mass is 9.93. The number of sulfonamides is 2. The Labute approximate surface area is 602 Å². The van der Waals surface area contributed by atoms with Gasteiger partial charge in [0.05, 0.1) is 24.3 Å². The average Bonchev–Trinajstić information content (AvgIpc) is 1.74. The van der Waals surface area contributed by atoms with Gasteiger partial charge in [-0.15, -0.1) is 10.2 Å². The number of nitrogens with zero attached hydrogens (tertiary/aromatic N) is 10. The number of nitrogens with one attached hydrogen (secondary N) is 3. The summed E-state index contributed by atoms with van der Waals surface area (Å²) in [6.45, 7) is 27.9. The fraction of sp³-hybridized carbons (Fsp3) is 0.571. The van der Waals surface area contributed by atoms with Gasteiger partial charge in [0, 0.05) is 61.8 Å². The fourth-order valence-electron chi connectivity index (χ4n) is 11.7. The quantitative estimate of drug-likeness (QED) is 0.0236. The van der Waals surface area contributed by atoms with Crippen LogP contribution in [0.5, 0.6) is 11.8 Å². The van der Waals surface area contributed by atoms with Crippen molar-refractivity contribution in [2.75, 3.05) is 50.0 Å². The molecule has 2 saturated heterocycles. The van der Waals surface area contributed by atoms with E-state index in [4.69, 9.17) is 52.4 Å². The average molecular weight is 1480 g/mol. The van der Waals surface area contributed by atoms with Crippen LogP contribution >= 0.6 is 23.2 Å². The number of carboxylic acid groups (broad SMARTS) is 1. The van der Waals surface area contributed by atoms with Crippen LogP contribution in [0.15, 0.2) is 95.2 Å². The molecule has 10 rings (SSSR count). The van der Waals surface area contributed by atoms with Crippen LogP contribution in [-0.2, 0) is 29.5 Å². The van der Waals surface area contributed by atoms with Crippen molar-refractivity contribution in [1.29, 1.82) is 0 Å². The number of carboxylic acids is 1. The molecule has 31 heteroatoms. The summed E-state index contributed by atoms with van der Waals surface area (Å²) >= 11 is 12.2. The van der Waals surface area contributed by atoms with Crippen molar-refractivity contribution < 1.29 is 60.1 Å². The normalized spacial score (nSPS) is 17.9. The zero-order valence-electron chi connectivity index (χ0n) is 59.8. The summed E-state index contributed by atoms with van der Waals surface area (Å²) < 4.78 is 76.5. The van der Waals surface area contributed by atoms with Gasteiger partial charge in [0.1, 0.15) is 33.1 Å². The highest BCUT2D eigenvalue weighted by molar-refractivity contribution is 7.90. The zero-order chi connectivity index (χ0) is 73.9. The number of hydrogen-bond acceptors (Lipinski definition) is 20. The van der Waals surface area contributed by atoms with Gasteiger partial charge in [-0.1, -0.05) is 62.0 Å². The molecular weight excluding hydrogens is 1380 g/mol. The van der Waals surface area contributed by atoms with Crippen LogP contribution in [-0.4, -0.2) is 157 Å². The minimum atomic E-state index is -4.32. The maximum Gasteiger partial charge on any atom is 0.410 e. The second-order valence-corrected chi connectivity index (χ2v) is 34.2. The Morgan fingerprint density at radius 2 is 1.00 bits per heavy atom. The maximum atomic E-state index is 13.1. The molecule has 6 N–H and O–H groups in total. The highest BCUT2D eigenvalue weighted by Crippen LogP contribution is 2.49. The number of pyridine rings is 4. The lowest BCUT2D eigenvalue weighted by Crippen LogP contribution is -2.45. The van der Waals surface area contributed by atoms with Gasteiger partial charge in [-0.2, -0.15) is 8.42 Å². The van der Waals surface area contributed by atoms with Crippen molar-refractivity contribution in [1.82, 2.24) is 54.0 Å². The van der Waals surface area contributed by atoms with Crippen molar-refractivity contribution in [3.63, 3.8) is 0 Å². The Morgan fingerprint density at radius 1 is 0.584 bits per heavy atom. The molecule has 2 aliphatic carbocycles. The van der Waals surface area contributed by atoms with Crippen LogP contribution in [0, 0.1) is 22.7 Å². The molecule has 0 radical (unpaired) electrons. The van der Waals surface area contributed by atoms with Gasteiger partial charge in [-0.25, -0.2) is 62.0 Å². The van der Waals surface area contributed by atoms with Gasteiger partial charge in [0.25, 0.3) is 26.0 Å². The van der Waals surface area contributed by atoms with E-state index in [9.17, 15) is 36.0 Å². The number of hydrogen-bond donors (Lipinski definition) is 5. The summed E-state index contributed by atoms with van der Waals surface area (Å²) in [5.74, 6) is 1.39. The predicted octanol–water partition coefficient (Wildman–Crippen LogP) is 13.2. The molecule has 0 bridgehead atoms. The summed E-state index contributed by atoms with van der Waals surface area (Å²) in [5.41, 5.74) is -0.835. The van der Waals surface area contributed by atoms with Gasteiger partial charge in [-0.3, -0.25) is 4.79 Å². The molecule has 6 aromatic heterocycles. The number of nitrogens with two attached hydrogens (primary N) is 1. The first-order chi connectivity index (χ1) is 47.2.